The predicted octanol–water partition coefficient (Wildman–Crippen LogP) is 6.87. The van der Waals surface area contributed by atoms with Crippen molar-refractivity contribution in [1.29, 1.82) is 0 Å². The summed E-state index contributed by atoms with van der Waals surface area (Å²) in [7, 11) is 0. The maximum absolute atomic E-state index is 13.3. The van der Waals surface area contributed by atoms with Gasteiger partial charge in [0.2, 0.25) is 5.91 Å². The molecule has 4 rings (SSSR count). The Balaban J connectivity index is 1.44. The summed E-state index contributed by atoms with van der Waals surface area (Å²) in [5, 5.41) is 19.0. The van der Waals surface area contributed by atoms with Crippen molar-refractivity contribution in [3.05, 3.63) is 127 Å². The molecule has 0 aliphatic rings. The van der Waals surface area contributed by atoms with E-state index in [1.165, 1.54) is 12.1 Å². The number of thiocarbonyl (C=S) groups is 1. The number of H-pyrrole nitrogens is 1. The molecule has 0 aliphatic heterocycles. The fourth-order valence-corrected chi connectivity index (χ4v) is 5.41. The predicted molar refractivity (Wildman–Crippen MR) is 182 cm³/mol. The number of nitro benzene ring substituents is 1. The molecule has 0 saturated heterocycles. The van der Waals surface area contributed by atoms with Gasteiger partial charge in [-0.1, -0.05) is 98.1 Å². The minimum absolute atomic E-state index is 0.0355. The van der Waals surface area contributed by atoms with E-state index in [1.807, 2.05) is 47.4 Å². The zero-order valence-electron chi connectivity index (χ0n) is 25.1. The molecule has 2 unspecified atom stereocenters. The van der Waals surface area contributed by atoms with Crippen molar-refractivity contribution in [2.75, 3.05) is 6.54 Å². The Hall–Kier alpha value is -3.99. The lowest BCUT2D eigenvalue weighted by molar-refractivity contribution is -0.384. The third-order valence-electron chi connectivity index (χ3n) is 7.61. The van der Waals surface area contributed by atoms with E-state index < -0.39 is 4.92 Å². The molecule has 9 nitrogen and oxygen atoms in total. The SMILES string of the molecule is CCC(C)C(CN(Cc1cccc(Cl)c1Cl)C(=S)NCc1ccccc1)NC(=O)Cc1cnc(Cc2ccc([N+](=O)[O-])cc2)[nH]1. The van der Waals surface area contributed by atoms with Crippen molar-refractivity contribution >= 4 is 52.1 Å². The van der Waals surface area contributed by atoms with Crippen LogP contribution in [0.15, 0.2) is 79.0 Å². The van der Waals surface area contributed by atoms with Crippen LogP contribution in [0.4, 0.5) is 5.69 Å². The molecule has 236 valence electrons. The Morgan fingerprint density at radius 1 is 1.07 bits per heavy atom. The van der Waals surface area contributed by atoms with Crippen LogP contribution in [0.2, 0.25) is 10.0 Å². The molecule has 1 amide bonds. The number of nitrogens with zero attached hydrogens (tertiary/aromatic N) is 3. The molecule has 0 fully saturated rings. The molecular weight excluding hydrogens is 631 g/mol. The number of imidazole rings is 1. The first kappa shape index (κ1) is 33.9. The first-order valence-corrected chi connectivity index (χ1v) is 15.8. The summed E-state index contributed by atoms with van der Waals surface area (Å²) in [6.45, 7) is 5.62. The van der Waals surface area contributed by atoms with Crippen LogP contribution in [0.3, 0.4) is 0 Å². The van der Waals surface area contributed by atoms with Crippen LogP contribution in [0.1, 0.15) is 48.5 Å². The summed E-state index contributed by atoms with van der Waals surface area (Å²) in [6, 6.07) is 21.6. The van der Waals surface area contributed by atoms with Gasteiger partial charge in [0, 0.05) is 56.1 Å². The molecule has 1 aromatic heterocycles. The van der Waals surface area contributed by atoms with Crippen molar-refractivity contribution in [3.8, 4) is 0 Å². The maximum atomic E-state index is 13.3. The summed E-state index contributed by atoms with van der Waals surface area (Å²) < 4.78 is 0. The second kappa shape index (κ2) is 16.4. The summed E-state index contributed by atoms with van der Waals surface area (Å²) in [6.07, 6.45) is 3.08. The topological polar surface area (TPSA) is 116 Å². The van der Waals surface area contributed by atoms with E-state index in [1.54, 1.807) is 24.4 Å². The molecular formula is C33H36Cl2N6O3S. The molecule has 0 aliphatic carbocycles. The van der Waals surface area contributed by atoms with Crippen molar-refractivity contribution in [2.45, 2.75) is 52.2 Å². The molecule has 1 heterocycles. The number of carbonyl (C=O) groups is 1. The van der Waals surface area contributed by atoms with Gasteiger partial charge in [0.25, 0.3) is 5.69 Å². The van der Waals surface area contributed by atoms with Gasteiger partial charge in [-0.3, -0.25) is 14.9 Å². The largest absolute Gasteiger partial charge is 0.358 e. The number of non-ortho nitro benzene ring substituents is 1. The number of benzene rings is 3. The highest BCUT2D eigenvalue weighted by Crippen LogP contribution is 2.27. The second-order valence-electron chi connectivity index (χ2n) is 10.9. The molecule has 0 spiro atoms. The average Bonchev–Trinajstić information content (AvgIpc) is 3.47. The van der Waals surface area contributed by atoms with E-state index in [0.29, 0.717) is 52.7 Å². The number of amides is 1. The third kappa shape index (κ3) is 10.0. The van der Waals surface area contributed by atoms with Crippen molar-refractivity contribution in [2.24, 2.45) is 5.92 Å². The number of carbonyl (C=O) groups excluding carboxylic acids is 1. The van der Waals surface area contributed by atoms with E-state index in [2.05, 4.69) is 34.4 Å². The van der Waals surface area contributed by atoms with E-state index in [4.69, 9.17) is 35.4 Å². The minimum Gasteiger partial charge on any atom is -0.358 e. The lowest BCUT2D eigenvalue weighted by atomic mass is 9.98. The Bertz CT molecular complexity index is 1600. The molecule has 0 bridgehead atoms. The quantitative estimate of drug-likeness (QED) is 0.0764. The Labute approximate surface area is 278 Å². The highest BCUT2D eigenvalue weighted by molar-refractivity contribution is 7.80. The number of hydrogen-bond donors (Lipinski definition) is 3. The van der Waals surface area contributed by atoms with E-state index >= 15 is 0 Å². The molecule has 3 aromatic carbocycles. The summed E-state index contributed by atoms with van der Waals surface area (Å²) in [4.78, 5) is 33.4. The molecule has 3 N–H and O–H groups in total. The van der Waals surface area contributed by atoms with Gasteiger partial charge in [0.15, 0.2) is 5.11 Å². The molecule has 4 aromatic rings. The molecule has 0 saturated carbocycles. The van der Waals surface area contributed by atoms with Gasteiger partial charge < -0.3 is 20.5 Å². The Morgan fingerprint density at radius 2 is 1.80 bits per heavy atom. The zero-order chi connectivity index (χ0) is 32.3. The number of aromatic nitrogens is 2. The van der Waals surface area contributed by atoms with E-state index in [0.717, 1.165) is 23.1 Å². The fraction of sp³-hybridized carbons (Fsp3) is 0.303. The molecule has 45 heavy (non-hydrogen) atoms. The van der Waals surface area contributed by atoms with Gasteiger partial charge in [0.1, 0.15) is 5.82 Å². The van der Waals surface area contributed by atoms with Crippen LogP contribution in [-0.2, 0) is 30.7 Å². The van der Waals surface area contributed by atoms with Gasteiger partial charge in [0.05, 0.1) is 21.4 Å². The molecule has 12 heteroatoms. The van der Waals surface area contributed by atoms with Gasteiger partial charge in [-0.2, -0.15) is 0 Å². The van der Waals surface area contributed by atoms with Crippen LogP contribution in [-0.4, -0.2) is 43.4 Å². The van der Waals surface area contributed by atoms with Crippen LogP contribution in [0, 0.1) is 16.0 Å². The lowest BCUT2D eigenvalue weighted by Gasteiger charge is -2.33. The van der Waals surface area contributed by atoms with Gasteiger partial charge in [-0.25, -0.2) is 4.98 Å². The zero-order valence-corrected chi connectivity index (χ0v) is 27.5. The highest BCUT2D eigenvalue weighted by atomic mass is 35.5. The number of halogens is 2. The monoisotopic (exact) mass is 666 g/mol. The van der Waals surface area contributed by atoms with Gasteiger partial charge >= 0.3 is 0 Å². The van der Waals surface area contributed by atoms with Crippen LogP contribution in [0.5, 0.6) is 0 Å². The fourth-order valence-electron chi connectivity index (χ4n) is 4.82. The number of rotatable bonds is 14. The first-order chi connectivity index (χ1) is 21.6. The number of hydrogen-bond acceptors (Lipinski definition) is 5. The molecule has 0 radical (unpaired) electrons. The maximum Gasteiger partial charge on any atom is 0.269 e. The minimum atomic E-state index is -0.430. The summed E-state index contributed by atoms with van der Waals surface area (Å²) in [5.74, 6) is 0.682. The lowest BCUT2D eigenvalue weighted by Crippen LogP contribution is -2.51. The van der Waals surface area contributed by atoms with Crippen LogP contribution < -0.4 is 10.6 Å². The number of aromatic amines is 1. The highest BCUT2D eigenvalue weighted by Gasteiger charge is 2.24. The smallest absolute Gasteiger partial charge is 0.269 e. The molecule has 2 atom stereocenters. The van der Waals surface area contributed by atoms with Crippen molar-refractivity contribution in [1.82, 2.24) is 25.5 Å². The van der Waals surface area contributed by atoms with E-state index in [-0.39, 0.29) is 30.0 Å². The van der Waals surface area contributed by atoms with Gasteiger partial charge in [-0.05, 0) is 40.9 Å². The second-order valence-corrected chi connectivity index (χ2v) is 12.1. The first-order valence-electron chi connectivity index (χ1n) is 14.7. The normalized spacial score (nSPS) is 12.3. The Morgan fingerprint density at radius 3 is 2.49 bits per heavy atom. The van der Waals surface area contributed by atoms with Crippen LogP contribution >= 0.6 is 35.4 Å². The third-order valence-corrected chi connectivity index (χ3v) is 8.87. The number of nitro groups is 1. The summed E-state index contributed by atoms with van der Waals surface area (Å²) in [5.41, 5.74) is 3.52. The van der Waals surface area contributed by atoms with E-state index in [9.17, 15) is 14.9 Å². The number of nitrogens with one attached hydrogen (secondary N) is 3. The Kier molecular flexibility index (Phi) is 12.3. The van der Waals surface area contributed by atoms with Crippen molar-refractivity contribution < 1.29 is 9.72 Å². The summed E-state index contributed by atoms with van der Waals surface area (Å²) >= 11 is 18.7. The van der Waals surface area contributed by atoms with Crippen LogP contribution in [0.25, 0.3) is 0 Å². The van der Waals surface area contributed by atoms with Crippen molar-refractivity contribution in [3.63, 3.8) is 0 Å². The average molecular weight is 668 g/mol. The standard InChI is InChI=1S/C33H36Cl2N6O3S/c1-3-22(2)29(39-31(42)17-26-19-36-30(38-26)16-23-12-14-27(15-13-23)41(43)44)21-40(20-25-10-7-11-28(34)32(25)35)33(45)37-18-24-8-5-4-6-9-24/h4-15,19,22,29H,3,16-18,20-21H2,1-2H3,(H,36,38)(H,37,45)(H,39,42). The van der Waals surface area contributed by atoms with Gasteiger partial charge in [-0.15, -0.1) is 0 Å².